The van der Waals surface area contributed by atoms with Crippen LogP contribution in [0.25, 0.3) is 10.9 Å². The highest BCUT2D eigenvalue weighted by Gasteiger charge is 2.26. The van der Waals surface area contributed by atoms with E-state index in [0.717, 1.165) is 30.3 Å². The summed E-state index contributed by atoms with van der Waals surface area (Å²) in [6, 6.07) is 5.83. The number of benzene rings is 1. The molecule has 2 aromatic rings. The number of aromatic nitrogens is 1. The minimum Gasteiger partial charge on any atom is -0.355 e. The molecule has 144 valence electrons. The van der Waals surface area contributed by atoms with Crippen LogP contribution in [0.4, 0.5) is 0 Å². The molecule has 2 amide bonds. The van der Waals surface area contributed by atoms with E-state index in [1.165, 1.54) is 31.5 Å². The van der Waals surface area contributed by atoms with E-state index >= 15 is 0 Å². The van der Waals surface area contributed by atoms with Crippen molar-refractivity contribution in [2.45, 2.75) is 25.7 Å². The predicted octanol–water partition coefficient (Wildman–Crippen LogP) is 1.78. The van der Waals surface area contributed by atoms with Gasteiger partial charge in [0.25, 0.3) is 5.91 Å². The van der Waals surface area contributed by atoms with Crippen molar-refractivity contribution in [3.05, 3.63) is 35.5 Å². The molecular weight excluding hydrogens is 340 g/mol. The molecule has 1 aromatic carbocycles. The average molecular weight is 368 g/mol. The second-order valence-corrected chi connectivity index (χ2v) is 7.69. The Hall–Kier alpha value is -2.34. The van der Waals surface area contributed by atoms with E-state index in [1.807, 2.05) is 25.2 Å². The third-order valence-corrected chi connectivity index (χ3v) is 5.77. The number of nitrogens with zero attached hydrogens (tertiary/aromatic N) is 3. The van der Waals surface area contributed by atoms with Gasteiger partial charge in [0.1, 0.15) is 0 Å². The van der Waals surface area contributed by atoms with Crippen molar-refractivity contribution < 1.29 is 9.59 Å². The van der Waals surface area contributed by atoms with Crippen LogP contribution in [0.15, 0.2) is 24.4 Å². The first-order valence-corrected chi connectivity index (χ1v) is 9.99. The number of carbonyl (C=O) groups excluding carboxylic acids is 2. The second kappa shape index (κ2) is 7.72. The number of likely N-dealkylation sites (tertiary alicyclic amines) is 1. The fraction of sp³-hybridized carbons (Fsp3) is 0.524. The van der Waals surface area contributed by atoms with Gasteiger partial charge in [-0.15, -0.1) is 0 Å². The first kappa shape index (κ1) is 18.0. The Balaban J connectivity index is 1.35. The summed E-state index contributed by atoms with van der Waals surface area (Å²) in [6.45, 7) is 4.79. The molecule has 6 heteroatoms. The summed E-state index contributed by atoms with van der Waals surface area (Å²) in [7, 11) is 2.01. The highest BCUT2D eigenvalue weighted by atomic mass is 16.2. The van der Waals surface area contributed by atoms with Crippen LogP contribution in [0.3, 0.4) is 0 Å². The van der Waals surface area contributed by atoms with Gasteiger partial charge in [-0.25, -0.2) is 0 Å². The molecule has 1 saturated heterocycles. The van der Waals surface area contributed by atoms with Crippen LogP contribution in [0.1, 0.15) is 35.2 Å². The second-order valence-electron chi connectivity index (χ2n) is 7.69. The van der Waals surface area contributed by atoms with Gasteiger partial charge in [-0.1, -0.05) is 6.07 Å². The molecule has 4 rings (SSSR count). The molecule has 0 unspecified atom stereocenters. The van der Waals surface area contributed by atoms with Crippen molar-refractivity contribution in [2.24, 2.45) is 7.05 Å². The van der Waals surface area contributed by atoms with Crippen molar-refractivity contribution in [1.29, 1.82) is 0 Å². The molecule has 0 saturated carbocycles. The van der Waals surface area contributed by atoms with Crippen LogP contribution in [0.2, 0.25) is 0 Å². The van der Waals surface area contributed by atoms with Gasteiger partial charge in [0.2, 0.25) is 5.91 Å². The zero-order valence-electron chi connectivity index (χ0n) is 16.0. The summed E-state index contributed by atoms with van der Waals surface area (Å²) in [4.78, 5) is 29.5. The Morgan fingerprint density at radius 3 is 2.81 bits per heavy atom. The molecule has 1 fully saturated rings. The van der Waals surface area contributed by atoms with E-state index < -0.39 is 0 Å². The number of amides is 2. The number of hydrogen-bond donors (Lipinski definition) is 1. The molecule has 0 aliphatic carbocycles. The van der Waals surface area contributed by atoms with Gasteiger partial charge in [-0.2, -0.15) is 0 Å². The zero-order chi connectivity index (χ0) is 18.8. The number of nitrogens with one attached hydrogen (secondary N) is 1. The van der Waals surface area contributed by atoms with Gasteiger partial charge >= 0.3 is 0 Å². The standard InChI is InChI=1S/C21H28N4O2/c1-23-14-16-8-13-25(21(27)17-6-4-7-18(23)20(16)17)15-19(26)22-9-5-12-24-10-2-3-11-24/h4,6-7,14H,2-3,5,8-13,15H2,1H3,(H,22,26). The van der Waals surface area contributed by atoms with E-state index in [0.29, 0.717) is 18.7 Å². The van der Waals surface area contributed by atoms with Crippen LogP contribution < -0.4 is 5.32 Å². The van der Waals surface area contributed by atoms with Crippen LogP contribution in [-0.4, -0.2) is 65.4 Å². The topological polar surface area (TPSA) is 57.6 Å². The maximum Gasteiger partial charge on any atom is 0.255 e. The SMILES string of the molecule is Cn1cc2c3c(cccc31)C(=O)N(CC(=O)NCCCN1CCCC1)CC2. The van der Waals surface area contributed by atoms with Crippen LogP contribution >= 0.6 is 0 Å². The number of carbonyl (C=O) groups is 2. The number of hydrogen-bond acceptors (Lipinski definition) is 3. The highest BCUT2D eigenvalue weighted by Crippen LogP contribution is 2.28. The Morgan fingerprint density at radius 2 is 2.00 bits per heavy atom. The van der Waals surface area contributed by atoms with Gasteiger partial charge in [-0.05, 0) is 63.0 Å². The first-order chi connectivity index (χ1) is 13.1. The summed E-state index contributed by atoms with van der Waals surface area (Å²) < 4.78 is 2.07. The van der Waals surface area contributed by atoms with Gasteiger partial charge in [-0.3, -0.25) is 9.59 Å². The van der Waals surface area contributed by atoms with Crippen molar-refractivity contribution in [1.82, 2.24) is 19.7 Å². The minimum atomic E-state index is -0.0657. The van der Waals surface area contributed by atoms with Gasteiger partial charge < -0.3 is 19.7 Å². The van der Waals surface area contributed by atoms with Gasteiger partial charge in [0.05, 0.1) is 6.54 Å². The third kappa shape index (κ3) is 3.72. The van der Waals surface area contributed by atoms with Crippen molar-refractivity contribution in [3.8, 4) is 0 Å². The molecule has 2 aliphatic heterocycles. The fourth-order valence-corrected chi connectivity index (χ4v) is 4.35. The quantitative estimate of drug-likeness (QED) is 0.791. The molecule has 3 heterocycles. The van der Waals surface area contributed by atoms with E-state index in [9.17, 15) is 9.59 Å². The molecule has 1 N–H and O–H groups in total. The maximum atomic E-state index is 13.0. The van der Waals surface area contributed by atoms with Crippen LogP contribution in [0, 0.1) is 0 Å². The lowest BCUT2D eigenvalue weighted by molar-refractivity contribution is -0.121. The van der Waals surface area contributed by atoms with E-state index in [4.69, 9.17) is 0 Å². The van der Waals surface area contributed by atoms with Crippen molar-refractivity contribution in [3.63, 3.8) is 0 Å². The number of rotatable bonds is 6. The lowest BCUT2D eigenvalue weighted by Gasteiger charge is -2.21. The summed E-state index contributed by atoms with van der Waals surface area (Å²) in [5.41, 5.74) is 2.97. The smallest absolute Gasteiger partial charge is 0.255 e. The first-order valence-electron chi connectivity index (χ1n) is 9.99. The summed E-state index contributed by atoms with van der Waals surface area (Å²) in [6.07, 6.45) is 6.43. The predicted molar refractivity (Wildman–Crippen MR) is 106 cm³/mol. The van der Waals surface area contributed by atoms with E-state index in [1.54, 1.807) is 4.90 Å². The molecule has 0 bridgehead atoms. The Morgan fingerprint density at radius 1 is 1.19 bits per heavy atom. The molecule has 0 atom stereocenters. The van der Waals surface area contributed by atoms with Gasteiger partial charge in [0.15, 0.2) is 0 Å². The van der Waals surface area contributed by atoms with Crippen LogP contribution in [-0.2, 0) is 18.3 Å². The van der Waals surface area contributed by atoms with E-state index in [-0.39, 0.29) is 18.4 Å². The lowest BCUT2D eigenvalue weighted by atomic mass is 10.1. The molecule has 2 aliphatic rings. The monoisotopic (exact) mass is 368 g/mol. The van der Waals surface area contributed by atoms with Gasteiger partial charge in [0, 0.05) is 42.8 Å². The number of aryl methyl sites for hydroxylation is 1. The van der Waals surface area contributed by atoms with Crippen molar-refractivity contribution >= 4 is 22.7 Å². The third-order valence-electron chi connectivity index (χ3n) is 5.77. The molecule has 27 heavy (non-hydrogen) atoms. The van der Waals surface area contributed by atoms with Crippen molar-refractivity contribution in [2.75, 3.05) is 39.3 Å². The summed E-state index contributed by atoms with van der Waals surface area (Å²) in [5, 5.41) is 4.02. The minimum absolute atomic E-state index is 0.0437. The molecule has 0 radical (unpaired) electrons. The fourth-order valence-electron chi connectivity index (χ4n) is 4.35. The average Bonchev–Trinajstić information content (AvgIpc) is 3.27. The highest BCUT2D eigenvalue weighted by molar-refractivity contribution is 6.09. The molecule has 6 nitrogen and oxygen atoms in total. The normalized spacial score (nSPS) is 17.5. The molecule has 0 spiro atoms. The summed E-state index contributed by atoms with van der Waals surface area (Å²) in [5.74, 6) is -0.109. The molecule has 1 aromatic heterocycles. The Kier molecular flexibility index (Phi) is 5.16. The Bertz CT molecular complexity index is 851. The molecular formula is C21H28N4O2. The lowest BCUT2D eigenvalue weighted by Crippen LogP contribution is -2.41. The van der Waals surface area contributed by atoms with Crippen LogP contribution in [0.5, 0.6) is 0 Å². The maximum absolute atomic E-state index is 13.0. The Labute approximate surface area is 160 Å². The zero-order valence-corrected chi connectivity index (χ0v) is 16.0. The summed E-state index contributed by atoms with van der Waals surface area (Å²) >= 11 is 0. The largest absolute Gasteiger partial charge is 0.355 e. The van der Waals surface area contributed by atoms with E-state index in [2.05, 4.69) is 21.0 Å².